The highest BCUT2D eigenvalue weighted by Gasteiger charge is 1.95. The molecule has 0 fully saturated rings. The van der Waals surface area contributed by atoms with Gasteiger partial charge in [0.15, 0.2) is 0 Å². The maximum Gasteiger partial charge on any atom is 0.0734 e. The molecule has 11 heavy (non-hydrogen) atoms. The minimum atomic E-state index is 0.709. The van der Waals surface area contributed by atoms with Crippen molar-refractivity contribution in [3.63, 3.8) is 0 Å². The summed E-state index contributed by atoms with van der Waals surface area (Å²) in [7, 11) is 0. The maximum absolute atomic E-state index is 8.21. The zero-order valence-electron chi connectivity index (χ0n) is 5.46. The van der Waals surface area contributed by atoms with Crippen LogP contribution in [0.25, 0.3) is 0 Å². The minimum absolute atomic E-state index is 0.709. The van der Waals surface area contributed by atoms with Crippen LogP contribution in [0.4, 0.5) is 0 Å². The normalized spacial score (nSPS) is 10.7. The van der Waals surface area contributed by atoms with Crippen LogP contribution in [-0.4, -0.2) is 11.4 Å². The summed E-state index contributed by atoms with van der Waals surface area (Å²) in [6, 6.07) is 5.38. The Hall–Kier alpha value is -0.290. The second-order valence-corrected chi connectivity index (χ2v) is 3.49. The van der Waals surface area contributed by atoms with Crippen LogP contribution in [0.15, 0.2) is 23.4 Å². The third-order valence-electron chi connectivity index (χ3n) is 1.15. The summed E-state index contributed by atoms with van der Waals surface area (Å²) in [6.07, 6.45) is 1.36. The van der Waals surface area contributed by atoms with Crippen LogP contribution >= 0.6 is 34.2 Å². The molecular formula is C7H5ClINO. The second kappa shape index (κ2) is 3.92. The third-order valence-corrected chi connectivity index (χ3v) is 2.69. The summed E-state index contributed by atoms with van der Waals surface area (Å²) in [5, 5.41) is 11.8. The Morgan fingerprint density at radius 1 is 1.55 bits per heavy atom. The van der Waals surface area contributed by atoms with Gasteiger partial charge in [-0.25, -0.2) is 0 Å². The molecule has 0 aliphatic heterocycles. The molecule has 0 bridgehead atoms. The molecule has 0 heterocycles. The van der Waals surface area contributed by atoms with Gasteiger partial charge in [-0.15, -0.1) is 0 Å². The van der Waals surface area contributed by atoms with E-state index in [0.717, 1.165) is 9.13 Å². The van der Waals surface area contributed by atoms with Gasteiger partial charge in [-0.05, 0) is 40.3 Å². The maximum atomic E-state index is 8.21. The van der Waals surface area contributed by atoms with Gasteiger partial charge in [0.25, 0.3) is 0 Å². The number of hydrogen-bond acceptors (Lipinski definition) is 2. The van der Waals surface area contributed by atoms with Gasteiger partial charge in [-0.1, -0.05) is 22.8 Å². The van der Waals surface area contributed by atoms with Crippen LogP contribution in [0.3, 0.4) is 0 Å². The lowest BCUT2D eigenvalue weighted by Crippen LogP contribution is -1.82. The van der Waals surface area contributed by atoms with Gasteiger partial charge in [0.05, 0.1) is 11.2 Å². The van der Waals surface area contributed by atoms with E-state index in [9.17, 15) is 0 Å². The van der Waals surface area contributed by atoms with Gasteiger partial charge in [-0.3, -0.25) is 0 Å². The van der Waals surface area contributed by atoms with Crippen molar-refractivity contribution in [1.82, 2.24) is 0 Å². The first-order chi connectivity index (χ1) is 5.24. The quantitative estimate of drug-likeness (QED) is 0.365. The molecule has 1 aromatic carbocycles. The summed E-state index contributed by atoms with van der Waals surface area (Å²) in [5.41, 5.74) is 0.835. The van der Waals surface area contributed by atoms with E-state index in [0.29, 0.717) is 5.02 Å². The first-order valence-electron chi connectivity index (χ1n) is 2.86. The van der Waals surface area contributed by atoms with Crippen molar-refractivity contribution >= 4 is 40.4 Å². The van der Waals surface area contributed by atoms with E-state index in [1.54, 1.807) is 12.1 Å². The molecule has 0 saturated heterocycles. The minimum Gasteiger partial charge on any atom is -0.411 e. The molecule has 0 atom stereocenters. The second-order valence-electron chi connectivity index (χ2n) is 1.92. The molecule has 1 aromatic rings. The lowest BCUT2D eigenvalue weighted by Gasteiger charge is -1.95. The largest absolute Gasteiger partial charge is 0.411 e. The fraction of sp³-hybridized carbons (Fsp3) is 0. The third kappa shape index (κ3) is 2.34. The highest BCUT2D eigenvalue weighted by molar-refractivity contribution is 14.1. The van der Waals surface area contributed by atoms with Crippen molar-refractivity contribution in [3.05, 3.63) is 32.4 Å². The van der Waals surface area contributed by atoms with Gasteiger partial charge in [0.1, 0.15) is 0 Å². The first-order valence-corrected chi connectivity index (χ1v) is 4.32. The Labute approximate surface area is 83.0 Å². The molecule has 0 amide bonds. The molecule has 1 N–H and O–H groups in total. The van der Waals surface area contributed by atoms with Crippen molar-refractivity contribution < 1.29 is 5.21 Å². The van der Waals surface area contributed by atoms with Crippen LogP contribution < -0.4 is 0 Å². The van der Waals surface area contributed by atoms with Crippen LogP contribution in [0.1, 0.15) is 5.56 Å². The summed E-state index contributed by atoms with van der Waals surface area (Å²) in [4.78, 5) is 0. The Bertz CT molecular complexity index is 288. The highest BCUT2D eigenvalue weighted by atomic mass is 127. The standard InChI is InChI=1S/C7H5ClINO/c8-6-2-1-5(4-10-11)3-7(6)9/h1-4,11H. The van der Waals surface area contributed by atoms with Crippen molar-refractivity contribution in [2.75, 3.05) is 0 Å². The van der Waals surface area contributed by atoms with E-state index in [-0.39, 0.29) is 0 Å². The highest BCUT2D eigenvalue weighted by Crippen LogP contribution is 2.18. The molecule has 0 spiro atoms. The van der Waals surface area contributed by atoms with E-state index in [2.05, 4.69) is 27.7 Å². The van der Waals surface area contributed by atoms with Crippen molar-refractivity contribution in [3.8, 4) is 0 Å². The smallest absolute Gasteiger partial charge is 0.0734 e. The SMILES string of the molecule is ON=Cc1ccc(Cl)c(I)c1. The topological polar surface area (TPSA) is 32.6 Å². The molecule has 0 radical (unpaired) electrons. The monoisotopic (exact) mass is 281 g/mol. The average Bonchev–Trinajstić information content (AvgIpc) is 1.98. The van der Waals surface area contributed by atoms with Crippen molar-refractivity contribution in [2.45, 2.75) is 0 Å². The van der Waals surface area contributed by atoms with Gasteiger partial charge < -0.3 is 5.21 Å². The molecule has 0 aliphatic rings. The zero-order chi connectivity index (χ0) is 8.27. The molecule has 2 nitrogen and oxygen atoms in total. The van der Waals surface area contributed by atoms with Gasteiger partial charge in [0.2, 0.25) is 0 Å². The Balaban J connectivity index is 3.05. The zero-order valence-corrected chi connectivity index (χ0v) is 8.37. The van der Waals surface area contributed by atoms with E-state index < -0.39 is 0 Å². The number of hydrogen-bond donors (Lipinski definition) is 1. The van der Waals surface area contributed by atoms with Crippen molar-refractivity contribution in [1.29, 1.82) is 0 Å². The predicted molar refractivity (Wildman–Crippen MR) is 53.5 cm³/mol. The molecule has 0 unspecified atom stereocenters. The molecule has 1 rings (SSSR count). The lowest BCUT2D eigenvalue weighted by atomic mass is 10.2. The molecule has 0 aliphatic carbocycles. The van der Waals surface area contributed by atoms with E-state index in [1.165, 1.54) is 6.21 Å². The number of oxime groups is 1. The Morgan fingerprint density at radius 2 is 2.27 bits per heavy atom. The molecule has 0 aromatic heterocycles. The summed E-state index contributed by atoms with van der Waals surface area (Å²) in [5.74, 6) is 0. The molecule has 58 valence electrons. The van der Waals surface area contributed by atoms with Gasteiger partial charge in [-0.2, -0.15) is 0 Å². The average molecular weight is 281 g/mol. The van der Waals surface area contributed by atoms with Crippen LogP contribution in [-0.2, 0) is 0 Å². The van der Waals surface area contributed by atoms with E-state index in [1.807, 2.05) is 6.07 Å². The number of nitrogens with zero attached hydrogens (tertiary/aromatic N) is 1. The fourth-order valence-electron chi connectivity index (χ4n) is 0.659. The summed E-state index contributed by atoms with van der Waals surface area (Å²) in [6.45, 7) is 0. The lowest BCUT2D eigenvalue weighted by molar-refractivity contribution is 0.322. The summed E-state index contributed by atoms with van der Waals surface area (Å²) >= 11 is 7.88. The number of benzene rings is 1. The molecule has 4 heteroatoms. The summed E-state index contributed by atoms with van der Waals surface area (Å²) < 4.78 is 0.946. The van der Waals surface area contributed by atoms with Gasteiger partial charge >= 0.3 is 0 Å². The van der Waals surface area contributed by atoms with E-state index >= 15 is 0 Å². The van der Waals surface area contributed by atoms with Crippen LogP contribution in [0.5, 0.6) is 0 Å². The van der Waals surface area contributed by atoms with Gasteiger partial charge in [0, 0.05) is 3.57 Å². The Kier molecular flexibility index (Phi) is 3.14. The van der Waals surface area contributed by atoms with Crippen molar-refractivity contribution in [2.24, 2.45) is 5.16 Å². The predicted octanol–water partition coefficient (Wildman–Crippen LogP) is 2.75. The Morgan fingerprint density at radius 3 is 2.82 bits per heavy atom. The number of rotatable bonds is 1. The van der Waals surface area contributed by atoms with E-state index in [4.69, 9.17) is 16.8 Å². The number of halogens is 2. The van der Waals surface area contributed by atoms with Crippen LogP contribution in [0.2, 0.25) is 5.02 Å². The van der Waals surface area contributed by atoms with Crippen LogP contribution in [0, 0.1) is 3.57 Å². The fourth-order valence-corrected chi connectivity index (χ4v) is 1.32. The first kappa shape index (κ1) is 8.80. The molecular weight excluding hydrogens is 276 g/mol. The molecule has 0 saturated carbocycles.